The predicted molar refractivity (Wildman–Crippen MR) is 70.9 cm³/mol. The molecule has 0 aliphatic rings. The van der Waals surface area contributed by atoms with Gasteiger partial charge in [-0.3, -0.25) is 0 Å². The monoisotopic (exact) mass is 220 g/mol. The highest BCUT2D eigenvalue weighted by Crippen LogP contribution is 2.16. The van der Waals surface area contributed by atoms with Crippen molar-refractivity contribution in [3.05, 3.63) is 34.4 Å². The summed E-state index contributed by atoms with van der Waals surface area (Å²) < 4.78 is 0. The first kappa shape index (κ1) is 13.2. The lowest BCUT2D eigenvalue weighted by atomic mass is 9.97. The molecule has 0 saturated heterocycles. The summed E-state index contributed by atoms with van der Waals surface area (Å²) in [7, 11) is 0. The number of nitrogens with one attached hydrogen (secondary N) is 1. The topological polar surface area (TPSA) is 38.0 Å². The summed E-state index contributed by atoms with van der Waals surface area (Å²) in [5.74, 6) is 0. The Labute approximate surface area is 99.2 Å². The maximum atomic E-state index is 5.69. The summed E-state index contributed by atoms with van der Waals surface area (Å²) in [6.07, 6.45) is 1.09. The van der Waals surface area contributed by atoms with Crippen LogP contribution in [0.1, 0.15) is 29.2 Å². The molecular weight excluding hydrogens is 196 g/mol. The Hall–Kier alpha value is -0.860. The number of benzene rings is 1. The molecule has 0 aliphatic carbocycles. The molecule has 0 radical (unpaired) electrons. The van der Waals surface area contributed by atoms with E-state index in [2.05, 4.69) is 38.2 Å². The van der Waals surface area contributed by atoms with Gasteiger partial charge in [0.1, 0.15) is 0 Å². The highest BCUT2D eigenvalue weighted by Gasteiger charge is 2.03. The van der Waals surface area contributed by atoms with Crippen LogP contribution in [0.15, 0.2) is 12.1 Å². The van der Waals surface area contributed by atoms with Gasteiger partial charge in [0.2, 0.25) is 0 Å². The van der Waals surface area contributed by atoms with E-state index in [0.29, 0.717) is 0 Å². The molecule has 3 N–H and O–H groups in total. The van der Waals surface area contributed by atoms with Crippen molar-refractivity contribution in [3.63, 3.8) is 0 Å². The SMILES string of the molecule is Cc1cc(C)c(CCNCC(C)N)c(C)c1. The summed E-state index contributed by atoms with van der Waals surface area (Å²) in [6, 6.07) is 4.75. The zero-order chi connectivity index (χ0) is 12.1. The Balaban J connectivity index is 2.54. The molecule has 0 amide bonds. The van der Waals surface area contributed by atoms with Gasteiger partial charge in [-0.25, -0.2) is 0 Å². The Morgan fingerprint density at radius 2 is 1.75 bits per heavy atom. The molecule has 1 aromatic rings. The molecule has 1 aromatic carbocycles. The van der Waals surface area contributed by atoms with Gasteiger partial charge >= 0.3 is 0 Å². The second kappa shape index (κ2) is 6.02. The van der Waals surface area contributed by atoms with E-state index in [4.69, 9.17) is 5.73 Å². The van der Waals surface area contributed by atoms with Crippen LogP contribution in [0.2, 0.25) is 0 Å². The van der Waals surface area contributed by atoms with Crippen LogP contribution in [0, 0.1) is 20.8 Å². The third kappa shape index (κ3) is 3.95. The van der Waals surface area contributed by atoms with E-state index in [-0.39, 0.29) is 6.04 Å². The molecule has 16 heavy (non-hydrogen) atoms. The number of rotatable bonds is 5. The van der Waals surface area contributed by atoms with Crippen molar-refractivity contribution in [2.75, 3.05) is 13.1 Å². The quantitative estimate of drug-likeness (QED) is 0.746. The zero-order valence-corrected chi connectivity index (χ0v) is 10.9. The van der Waals surface area contributed by atoms with Crippen molar-refractivity contribution >= 4 is 0 Å². The average Bonchev–Trinajstić information content (AvgIpc) is 2.14. The van der Waals surface area contributed by atoms with Crippen molar-refractivity contribution in [2.45, 2.75) is 40.2 Å². The maximum absolute atomic E-state index is 5.69. The number of nitrogens with two attached hydrogens (primary N) is 1. The van der Waals surface area contributed by atoms with Crippen LogP contribution in [0.25, 0.3) is 0 Å². The lowest BCUT2D eigenvalue weighted by molar-refractivity contribution is 0.607. The molecule has 1 unspecified atom stereocenters. The molecule has 90 valence electrons. The van der Waals surface area contributed by atoms with Gasteiger partial charge in [0.15, 0.2) is 0 Å². The van der Waals surface area contributed by atoms with Crippen LogP contribution < -0.4 is 11.1 Å². The maximum Gasteiger partial charge on any atom is 0.0136 e. The summed E-state index contributed by atoms with van der Waals surface area (Å²) in [6.45, 7) is 10.5. The van der Waals surface area contributed by atoms with E-state index in [1.54, 1.807) is 0 Å². The first-order valence-corrected chi connectivity index (χ1v) is 6.03. The number of hydrogen-bond acceptors (Lipinski definition) is 2. The first-order chi connectivity index (χ1) is 7.50. The van der Waals surface area contributed by atoms with Gasteiger partial charge in [-0.05, 0) is 57.4 Å². The van der Waals surface area contributed by atoms with Crippen molar-refractivity contribution in [3.8, 4) is 0 Å². The van der Waals surface area contributed by atoms with Crippen LogP contribution in [-0.2, 0) is 6.42 Å². The van der Waals surface area contributed by atoms with Gasteiger partial charge in [0.25, 0.3) is 0 Å². The van der Waals surface area contributed by atoms with Crippen molar-refractivity contribution in [2.24, 2.45) is 5.73 Å². The Bertz CT molecular complexity index is 320. The lowest BCUT2D eigenvalue weighted by Gasteiger charge is -2.12. The Morgan fingerprint density at radius 3 is 2.25 bits per heavy atom. The molecule has 2 nitrogen and oxygen atoms in total. The lowest BCUT2D eigenvalue weighted by Crippen LogP contribution is -2.32. The fraction of sp³-hybridized carbons (Fsp3) is 0.571. The molecule has 1 atom stereocenters. The van der Waals surface area contributed by atoms with E-state index < -0.39 is 0 Å². The van der Waals surface area contributed by atoms with Gasteiger partial charge in [-0.1, -0.05) is 17.7 Å². The van der Waals surface area contributed by atoms with Crippen molar-refractivity contribution in [1.82, 2.24) is 5.32 Å². The molecule has 0 heterocycles. The first-order valence-electron chi connectivity index (χ1n) is 6.03. The number of hydrogen-bond donors (Lipinski definition) is 2. The number of aryl methyl sites for hydroxylation is 3. The Morgan fingerprint density at radius 1 is 1.19 bits per heavy atom. The average molecular weight is 220 g/mol. The predicted octanol–water partition coefficient (Wildman–Crippen LogP) is 2.09. The van der Waals surface area contributed by atoms with Crippen LogP contribution in [0.3, 0.4) is 0 Å². The fourth-order valence-electron chi connectivity index (χ4n) is 2.15. The fourth-order valence-corrected chi connectivity index (χ4v) is 2.15. The van der Waals surface area contributed by atoms with Gasteiger partial charge in [0.05, 0.1) is 0 Å². The summed E-state index contributed by atoms with van der Waals surface area (Å²) in [5.41, 5.74) is 11.3. The van der Waals surface area contributed by atoms with E-state index in [1.807, 2.05) is 6.92 Å². The largest absolute Gasteiger partial charge is 0.327 e. The molecule has 2 heteroatoms. The van der Waals surface area contributed by atoms with Gasteiger partial charge in [0, 0.05) is 12.6 Å². The summed E-state index contributed by atoms with van der Waals surface area (Å²) >= 11 is 0. The minimum atomic E-state index is 0.236. The molecule has 0 bridgehead atoms. The van der Waals surface area contributed by atoms with E-state index in [9.17, 15) is 0 Å². The van der Waals surface area contributed by atoms with E-state index >= 15 is 0 Å². The van der Waals surface area contributed by atoms with Gasteiger partial charge in [-0.2, -0.15) is 0 Å². The molecule has 0 fully saturated rings. The van der Waals surface area contributed by atoms with E-state index in [1.165, 1.54) is 22.3 Å². The molecule has 0 spiro atoms. The van der Waals surface area contributed by atoms with Crippen LogP contribution >= 0.6 is 0 Å². The highest BCUT2D eigenvalue weighted by molar-refractivity contribution is 5.37. The molecule has 0 saturated carbocycles. The smallest absolute Gasteiger partial charge is 0.0136 e. The highest BCUT2D eigenvalue weighted by atomic mass is 14.9. The third-order valence-corrected chi connectivity index (χ3v) is 2.86. The Kier molecular flexibility index (Phi) is 4.97. The minimum absolute atomic E-state index is 0.236. The van der Waals surface area contributed by atoms with Crippen LogP contribution in [-0.4, -0.2) is 19.1 Å². The molecule has 1 rings (SSSR count). The third-order valence-electron chi connectivity index (χ3n) is 2.86. The van der Waals surface area contributed by atoms with Crippen LogP contribution in [0.4, 0.5) is 0 Å². The normalized spacial score (nSPS) is 12.8. The summed E-state index contributed by atoms with van der Waals surface area (Å²) in [4.78, 5) is 0. The van der Waals surface area contributed by atoms with Crippen molar-refractivity contribution < 1.29 is 0 Å². The van der Waals surface area contributed by atoms with Gasteiger partial charge in [-0.15, -0.1) is 0 Å². The van der Waals surface area contributed by atoms with E-state index in [0.717, 1.165) is 19.5 Å². The van der Waals surface area contributed by atoms with Gasteiger partial charge < -0.3 is 11.1 Å². The zero-order valence-electron chi connectivity index (χ0n) is 10.9. The molecule has 0 aliphatic heterocycles. The standard InChI is InChI=1S/C14H24N2/c1-10-7-11(2)14(12(3)8-10)5-6-16-9-13(4)15/h7-8,13,16H,5-6,9,15H2,1-4H3. The second-order valence-electron chi connectivity index (χ2n) is 4.81. The second-order valence-corrected chi connectivity index (χ2v) is 4.81. The molecule has 0 aromatic heterocycles. The summed E-state index contributed by atoms with van der Waals surface area (Å²) in [5, 5.41) is 3.38. The minimum Gasteiger partial charge on any atom is -0.327 e. The van der Waals surface area contributed by atoms with Crippen LogP contribution in [0.5, 0.6) is 0 Å². The van der Waals surface area contributed by atoms with Crippen molar-refractivity contribution in [1.29, 1.82) is 0 Å². The molecular formula is C14H24N2.